The molecule has 0 heterocycles. The van der Waals surface area contributed by atoms with E-state index in [4.69, 9.17) is 5.73 Å². The van der Waals surface area contributed by atoms with Crippen LogP contribution in [0.5, 0.6) is 0 Å². The van der Waals surface area contributed by atoms with E-state index in [2.05, 4.69) is 0 Å². The van der Waals surface area contributed by atoms with Gasteiger partial charge in [-0.25, -0.2) is 13.2 Å². The van der Waals surface area contributed by atoms with E-state index in [-0.39, 0.29) is 0 Å². The predicted octanol–water partition coefficient (Wildman–Crippen LogP) is 2.98. The molecule has 7 heteroatoms. The van der Waals surface area contributed by atoms with Crippen molar-refractivity contribution in [1.29, 1.82) is 0 Å². The van der Waals surface area contributed by atoms with Gasteiger partial charge >= 0.3 is 6.18 Å². The molecule has 2 N–H and O–H groups in total. The minimum Gasteiger partial charge on any atom is -0.325 e. The van der Waals surface area contributed by atoms with Crippen molar-refractivity contribution in [2.45, 2.75) is 18.5 Å². The van der Waals surface area contributed by atoms with Crippen LogP contribution in [-0.2, 0) is 12.6 Å². The van der Waals surface area contributed by atoms with Crippen molar-refractivity contribution in [2.75, 3.05) is 6.54 Å². The van der Waals surface area contributed by atoms with E-state index in [1.54, 1.807) is 0 Å². The summed E-state index contributed by atoms with van der Waals surface area (Å²) >= 11 is 0. The molecule has 1 aromatic rings. The largest absolute Gasteiger partial charge is 0.416 e. The van der Waals surface area contributed by atoms with E-state index < -0.39 is 42.0 Å². The first-order valence-corrected chi connectivity index (χ1v) is 4.59. The molecule has 1 nitrogen and oxygen atoms in total. The molecule has 0 spiro atoms. The van der Waals surface area contributed by atoms with Gasteiger partial charge in [0.25, 0.3) is 5.92 Å². The number of nitrogens with two attached hydrogens (primary N) is 1. The molecule has 0 aliphatic rings. The maximum Gasteiger partial charge on any atom is 0.416 e. The molecule has 0 aliphatic carbocycles. The smallest absolute Gasteiger partial charge is 0.325 e. The zero-order valence-corrected chi connectivity index (χ0v) is 8.49. The van der Waals surface area contributed by atoms with Crippen molar-refractivity contribution in [1.82, 2.24) is 0 Å². The summed E-state index contributed by atoms with van der Waals surface area (Å²) in [7, 11) is 0. The molecular weight excluding hydrogens is 248 g/mol. The van der Waals surface area contributed by atoms with Gasteiger partial charge in [-0.2, -0.15) is 13.2 Å². The monoisotopic (exact) mass is 257 g/mol. The first kappa shape index (κ1) is 13.8. The van der Waals surface area contributed by atoms with Crippen LogP contribution in [0.3, 0.4) is 0 Å². The van der Waals surface area contributed by atoms with Crippen molar-refractivity contribution >= 4 is 0 Å². The van der Waals surface area contributed by atoms with Crippen molar-refractivity contribution in [3.8, 4) is 0 Å². The van der Waals surface area contributed by atoms with Crippen LogP contribution in [0.2, 0.25) is 0 Å². The summed E-state index contributed by atoms with van der Waals surface area (Å²) in [5.41, 5.74) is 2.66. The molecule has 0 amide bonds. The Bertz CT molecular complexity index is 398. The Labute approximate surface area is 93.2 Å². The van der Waals surface area contributed by atoms with Crippen LogP contribution < -0.4 is 5.73 Å². The van der Waals surface area contributed by atoms with Crippen molar-refractivity contribution < 1.29 is 26.3 Å². The van der Waals surface area contributed by atoms with Crippen LogP contribution in [0.4, 0.5) is 26.3 Å². The molecule has 96 valence electrons. The number of benzene rings is 1. The van der Waals surface area contributed by atoms with Crippen LogP contribution in [0.1, 0.15) is 11.1 Å². The zero-order valence-electron chi connectivity index (χ0n) is 8.49. The topological polar surface area (TPSA) is 26.0 Å². The van der Waals surface area contributed by atoms with Crippen molar-refractivity contribution in [2.24, 2.45) is 5.73 Å². The summed E-state index contributed by atoms with van der Waals surface area (Å²) in [6, 6.07) is 1.47. The highest BCUT2D eigenvalue weighted by atomic mass is 19.4. The van der Waals surface area contributed by atoms with Crippen LogP contribution in [0.25, 0.3) is 0 Å². The number of hydrogen-bond donors (Lipinski definition) is 1. The van der Waals surface area contributed by atoms with Crippen LogP contribution in [0.15, 0.2) is 18.2 Å². The number of hydrogen-bond acceptors (Lipinski definition) is 1. The molecule has 0 atom stereocenters. The minimum atomic E-state index is -4.80. The molecular formula is C10H9F6N. The molecule has 0 unspecified atom stereocenters. The summed E-state index contributed by atoms with van der Waals surface area (Å²) in [6.45, 7) is -1.10. The minimum absolute atomic E-state index is 0.442. The number of halogens is 6. The van der Waals surface area contributed by atoms with E-state index >= 15 is 0 Å². The van der Waals surface area contributed by atoms with E-state index in [0.29, 0.717) is 18.2 Å². The molecule has 0 bridgehead atoms. The lowest BCUT2D eigenvalue weighted by Gasteiger charge is -2.18. The molecule has 0 aromatic heterocycles. The first-order chi connectivity index (χ1) is 7.65. The highest BCUT2D eigenvalue weighted by molar-refractivity contribution is 5.31. The molecule has 1 aromatic carbocycles. The van der Waals surface area contributed by atoms with E-state index in [1.807, 2.05) is 0 Å². The normalized spacial score (nSPS) is 12.9. The fraction of sp³-hybridized carbons (Fsp3) is 0.400. The van der Waals surface area contributed by atoms with Crippen LogP contribution in [-0.4, -0.2) is 12.5 Å². The third kappa shape index (κ3) is 3.62. The third-order valence-electron chi connectivity index (χ3n) is 2.12. The molecule has 0 saturated heterocycles. The molecule has 0 radical (unpaired) electrons. The second-order valence-electron chi connectivity index (χ2n) is 3.54. The summed E-state index contributed by atoms with van der Waals surface area (Å²) < 4.78 is 76.0. The van der Waals surface area contributed by atoms with Gasteiger partial charge in [-0.1, -0.05) is 0 Å². The Kier molecular flexibility index (Phi) is 3.71. The average molecular weight is 257 g/mol. The van der Waals surface area contributed by atoms with Gasteiger partial charge in [0, 0.05) is 6.42 Å². The number of alkyl halides is 5. The Morgan fingerprint density at radius 2 is 1.65 bits per heavy atom. The molecule has 1 rings (SSSR count). The lowest BCUT2D eigenvalue weighted by atomic mass is 10.0. The fourth-order valence-electron chi connectivity index (χ4n) is 1.34. The lowest BCUT2D eigenvalue weighted by molar-refractivity contribution is -0.138. The van der Waals surface area contributed by atoms with Gasteiger partial charge in [-0.15, -0.1) is 0 Å². The van der Waals surface area contributed by atoms with Gasteiger partial charge in [0.15, 0.2) is 0 Å². The highest BCUT2D eigenvalue weighted by Gasteiger charge is 2.37. The van der Waals surface area contributed by atoms with Gasteiger partial charge in [-0.05, 0) is 23.8 Å². The Morgan fingerprint density at radius 3 is 2.12 bits per heavy atom. The summed E-state index contributed by atoms with van der Waals surface area (Å²) in [4.78, 5) is 0. The van der Waals surface area contributed by atoms with Gasteiger partial charge in [0.2, 0.25) is 0 Å². The maximum absolute atomic E-state index is 12.9. The maximum atomic E-state index is 12.9. The first-order valence-electron chi connectivity index (χ1n) is 4.59. The number of rotatable bonds is 3. The van der Waals surface area contributed by atoms with E-state index in [1.165, 1.54) is 0 Å². The van der Waals surface area contributed by atoms with Gasteiger partial charge in [0.1, 0.15) is 5.82 Å². The molecule has 0 aliphatic heterocycles. The summed E-state index contributed by atoms with van der Waals surface area (Å²) in [6.07, 6.45) is -6.04. The van der Waals surface area contributed by atoms with E-state index in [9.17, 15) is 26.3 Å². The molecule has 17 heavy (non-hydrogen) atoms. The van der Waals surface area contributed by atoms with Gasteiger partial charge in [0.05, 0.1) is 12.1 Å². The van der Waals surface area contributed by atoms with Gasteiger partial charge in [-0.3, -0.25) is 0 Å². The Balaban J connectivity index is 3.17. The van der Waals surface area contributed by atoms with Crippen LogP contribution in [0, 0.1) is 5.82 Å². The quantitative estimate of drug-likeness (QED) is 0.828. The fourth-order valence-corrected chi connectivity index (χ4v) is 1.34. The molecule has 0 saturated carbocycles. The average Bonchev–Trinajstić information content (AvgIpc) is 2.15. The second kappa shape index (κ2) is 4.56. The van der Waals surface area contributed by atoms with Crippen molar-refractivity contribution in [3.63, 3.8) is 0 Å². The Hall–Kier alpha value is -1.24. The predicted molar refractivity (Wildman–Crippen MR) is 49.1 cm³/mol. The van der Waals surface area contributed by atoms with Gasteiger partial charge < -0.3 is 5.73 Å². The van der Waals surface area contributed by atoms with E-state index in [0.717, 1.165) is 0 Å². The standard InChI is InChI=1S/C10H9F6N/c11-7-1-2-8(10(14,15)16)6(3-7)4-9(12,13)5-17/h1-3H,4-5,17H2. The summed E-state index contributed by atoms with van der Waals surface area (Å²) in [5.74, 6) is -4.49. The van der Waals surface area contributed by atoms with Crippen molar-refractivity contribution in [3.05, 3.63) is 35.1 Å². The molecule has 0 fully saturated rings. The summed E-state index contributed by atoms with van der Waals surface area (Å²) in [5, 5.41) is 0. The highest BCUT2D eigenvalue weighted by Crippen LogP contribution is 2.34. The van der Waals surface area contributed by atoms with Crippen LogP contribution >= 0.6 is 0 Å². The Morgan fingerprint density at radius 1 is 1.06 bits per heavy atom. The SMILES string of the molecule is NCC(F)(F)Cc1cc(F)ccc1C(F)(F)F. The zero-order chi connectivity index (χ0) is 13.3. The second-order valence-corrected chi connectivity index (χ2v) is 3.54. The third-order valence-corrected chi connectivity index (χ3v) is 2.12. The lowest BCUT2D eigenvalue weighted by Crippen LogP contribution is -2.31.